The summed E-state index contributed by atoms with van der Waals surface area (Å²) in [6.45, 7) is 5.85. The molecule has 3 rings (SSSR count). The maximum atomic E-state index is 5.95. The van der Waals surface area contributed by atoms with Gasteiger partial charge in [0, 0.05) is 43.9 Å². The average molecular weight is 303 g/mol. The van der Waals surface area contributed by atoms with Gasteiger partial charge in [-0.3, -0.25) is 0 Å². The van der Waals surface area contributed by atoms with Crippen LogP contribution in [0, 0.1) is 6.92 Å². The number of hydrogen-bond acceptors (Lipinski definition) is 4. The monoisotopic (exact) mass is 302 g/mol. The van der Waals surface area contributed by atoms with Gasteiger partial charge in [0.15, 0.2) is 0 Å². The molecule has 0 aliphatic carbocycles. The zero-order valence-corrected chi connectivity index (χ0v) is 12.9. The van der Waals surface area contributed by atoms with Crippen LogP contribution in [0.5, 0.6) is 0 Å². The van der Waals surface area contributed by atoms with E-state index in [0.717, 1.165) is 49.1 Å². The van der Waals surface area contributed by atoms with Crippen LogP contribution in [0.25, 0.3) is 0 Å². The Morgan fingerprint density at radius 1 is 1.05 bits per heavy atom. The van der Waals surface area contributed by atoms with Crippen molar-refractivity contribution in [2.75, 3.05) is 36.0 Å². The molecule has 5 heteroatoms. The minimum Gasteiger partial charge on any atom is -0.353 e. The van der Waals surface area contributed by atoms with Gasteiger partial charge in [0.1, 0.15) is 11.6 Å². The standard InChI is InChI=1S/C16H19ClN4/c1-13-10-14(12-17)11-16(19-13)21-8-6-20(7-9-21)15-4-2-3-5-18-15/h2-5,10-11H,6-9,12H2,1H3. The summed E-state index contributed by atoms with van der Waals surface area (Å²) in [7, 11) is 0. The zero-order chi connectivity index (χ0) is 14.7. The van der Waals surface area contributed by atoms with Crippen LogP contribution in [0.3, 0.4) is 0 Å². The lowest BCUT2D eigenvalue weighted by atomic mass is 10.2. The molecule has 2 aromatic rings. The molecule has 0 saturated carbocycles. The van der Waals surface area contributed by atoms with Gasteiger partial charge in [0.25, 0.3) is 0 Å². The van der Waals surface area contributed by atoms with Crippen LogP contribution in [-0.4, -0.2) is 36.1 Å². The number of halogens is 1. The van der Waals surface area contributed by atoms with Crippen LogP contribution >= 0.6 is 11.6 Å². The molecule has 0 unspecified atom stereocenters. The smallest absolute Gasteiger partial charge is 0.129 e. The van der Waals surface area contributed by atoms with Gasteiger partial charge in [-0.15, -0.1) is 11.6 Å². The number of anilines is 2. The van der Waals surface area contributed by atoms with Gasteiger partial charge in [-0.25, -0.2) is 9.97 Å². The summed E-state index contributed by atoms with van der Waals surface area (Å²) in [5.74, 6) is 2.62. The molecule has 0 atom stereocenters. The highest BCUT2D eigenvalue weighted by molar-refractivity contribution is 6.17. The van der Waals surface area contributed by atoms with Gasteiger partial charge >= 0.3 is 0 Å². The highest BCUT2D eigenvalue weighted by atomic mass is 35.5. The van der Waals surface area contributed by atoms with Gasteiger partial charge in [-0.05, 0) is 36.8 Å². The molecule has 2 aromatic heterocycles. The SMILES string of the molecule is Cc1cc(CCl)cc(N2CCN(c3ccccn3)CC2)n1. The summed E-state index contributed by atoms with van der Waals surface area (Å²) in [6, 6.07) is 10.2. The molecule has 21 heavy (non-hydrogen) atoms. The minimum atomic E-state index is 0.532. The summed E-state index contributed by atoms with van der Waals surface area (Å²) >= 11 is 5.95. The van der Waals surface area contributed by atoms with Crippen LogP contribution in [0.4, 0.5) is 11.6 Å². The first-order chi connectivity index (χ1) is 10.3. The molecule has 1 aliphatic rings. The van der Waals surface area contributed by atoms with E-state index in [-0.39, 0.29) is 0 Å². The Balaban J connectivity index is 1.70. The van der Waals surface area contributed by atoms with E-state index in [2.05, 4.69) is 31.9 Å². The van der Waals surface area contributed by atoms with E-state index in [1.54, 1.807) is 0 Å². The second-order valence-corrected chi connectivity index (χ2v) is 5.54. The number of aromatic nitrogens is 2. The van der Waals surface area contributed by atoms with Gasteiger partial charge in [0.05, 0.1) is 0 Å². The Hall–Kier alpha value is -1.81. The third-order valence-corrected chi connectivity index (χ3v) is 4.04. The normalized spacial score (nSPS) is 15.3. The second kappa shape index (κ2) is 6.31. The number of aryl methyl sites for hydroxylation is 1. The van der Waals surface area contributed by atoms with Crippen molar-refractivity contribution in [3.63, 3.8) is 0 Å². The van der Waals surface area contributed by atoms with Crippen LogP contribution in [0.2, 0.25) is 0 Å². The second-order valence-electron chi connectivity index (χ2n) is 5.27. The molecule has 1 aliphatic heterocycles. The third kappa shape index (κ3) is 3.27. The molecule has 110 valence electrons. The predicted octanol–water partition coefficient (Wildman–Crippen LogP) is 2.85. The fourth-order valence-electron chi connectivity index (χ4n) is 2.67. The van der Waals surface area contributed by atoms with E-state index in [4.69, 9.17) is 11.6 Å². The molecule has 0 aromatic carbocycles. The quantitative estimate of drug-likeness (QED) is 0.816. The summed E-state index contributed by atoms with van der Waals surface area (Å²) < 4.78 is 0. The van der Waals surface area contributed by atoms with Gasteiger partial charge < -0.3 is 9.80 Å². The summed E-state index contributed by atoms with van der Waals surface area (Å²) in [5, 5.41) is 0. The Morgan fingerprint density at radius 3 is 2.38 bits per heavy atom. The molecule has 0 amide bonds. The van der Waals surface area contributed by atoms with E-state index in [1.807, 2.05) is 31.3 Å². The van der Waals surface area contributed by atoms with Crippen molar-refractivity contribution >= 4 is 23.2 Å². The van der Waals surface area contributed by atoms with Crippen molar-refractivity contribution in [2.45, 2.75) is 12.8 Å². The largest absolute Gasteiger partial charge is 0.353 e. The molecule has 1 fully saturated rings. The van der Waals surface area contributed by atoms with Crippen molar-refractivity contribution in [3.8, 4) is 0 Å². The molecule has 3 heterocycles. The van der Waals surface area contributed by atoms with Crippen molar-refractivity contribution < 1.29 is 0 Å². The number of rotatable bonds is 3. The third-order valence-electron chi connectivity index (χ3n) is 3.73. The molecule has 0 N–H and O–H groups in total. The van der Waals surface area contributed by atoms with Gasteiger partial charge in [-0.2, -0.15) is 0 Å². The minimum absolute atomic E-state index is 0.532. The maximum Gasteiger partial charge on any atom is 0.129 e. The fourth-order valence-corrected chi connectivity index (χ4v) is 2.82. The first-order valence-corrected chi connectivity index (χ1v) is 7.74. The number of pyridine rings is 2. The van der Waals surface area contributed by atoms with Crippen molar-refractivity contribution in [1.29, 1.82) is 0 Å². The highest BCUT2D eigenvalue weighted by Gasteiger charge is 2.19. The Morgan fingerprint density at radius 2 is 1.76 bits per heavy atom. The summed E-state index contributed by atoms with van der Waals surface area (Å²) in [5.41, 5.74) is 2.15. The Bertz CT molecular complexity index is 594. The number of nitrogens with zero attached hydrogens (tertiary/aromatic N) is 4. The van der Waals surface area contributed by atoms with Crippen molar-refractivity contribution in [3.05, 3.63) is 47.8 Å². The zero-order valence-electron chi connectivity index (χ0n) is 12.2. The Kier molecular flexibility index (Phi) is 4.25. The van der Waals surface area contributed by atoms with Crippen LogP contribution in [0.15, 0.2) is 36.5 Å². The highest BCUT2D eigenvalue weighted by Crippen LogP contribution is 2.20. The van der Waals surface area contributed by atoms with Crippen LogP contribution < -0.4 is 9.80 Å². The number of hydrogen-bond donors (Lipinski definition) is 0. The van der Waals surface area contributed by atoms with E-state index in [9.17, 15) is 0 Å². The Labute approximate surface area is 130 Å². The summed E-state index contributed by atoms with van der Waals surface area (Å²) in [4.78, 5) is 13.7. The molecule has 0 bridgehead atoms. The first kappa shape index (κ1) is 14.1. The first-order valence-electron chi connectivity index (χ1n) is 7.21. The molecular formula is C16H19ClN4. The number of piperazine rings is 1. The van der Waals surface area contributed by atoms with Crippen molar-refractivity contribution in [2.24, 2.45) is 0 Å². The average Bonchev–Trinajstić information content (AvgIpc) is 2.55. The van der Waals surface area contributed by atoms with E-state index < -0.39 is 0 Å². The van der Waals surface area contributed by atoms with E-state index in [1.165, 1.54) is 0 Å². The fraction of sp³-hybridized carbons (Fsp3) is 0.375. The topological polar surface area (TPSA) is 32.3 Å². The van der Waals surface area contributed by atoms with Gasteiger partial charge in [0.2, 0.25) is 0 Å². The maximum absolute atomic E-state index is 5.95. The molecule has 0 spiro atoms. The van der Waals surface area contributed by atoms with Crippen molar-refractivity contribution in [1.82, 2.24) is 9.97 Å². The predicted molar refractivity (Wildman–Crippen MR) is 87.2 cm³/mol. The molecule has 0 radical (unpaired) electrons. The summed E-state index contributed by atoms with van der Waals surface area (Å²) in [6.07, 6.45) is 1.84. The lowest BCUT2D eigenvalue weighted by Crippen LogP contribution is -2.47. The van der Waals surface area contributed by atoms with Crippen LogP contribution in [0.1, 0.15) is 11.3 Å². The van der Waals surface area contributed by atoms with E-state index in [0.29, 0.717) is 5.88 Å². The lowest BCUT2D eigenvalue weighted by Gasteiger charge is -2.36. The van der Waals surface area contributed by atoms with E-state index >= 15 is 0 Å². The molecular weight excluding hydrogens is 284 g/mol. The lowest BCUT2D eigenvalue weighted by molar-refractivity contribution is 0.641. The molecule has 4 nitrogen and oxygen atoms in total. The van der Waals surface area contributed by atoms with Gasteiger partial charge in [-0.1, -0.05) is 6.07 Å². The molecule has 1 saturated heterocycles. The number of alkyl halides is 1. The van der Waals surface area contributed by atoms with Crippen LogP contribution in [-0.2, 0) is 5.88 Å².